The van der Waals surface area contributed by atoms with Gasteiger partial charge >= 0.3 is 0 Å². The van der Waals surface area contributed by atoms with E-state index in [2.05, 4.69) is 35.9 Å². The minimum Gasteiger partial charge on any atom is -0.346 e. The van der Waals surface area contributed by atoms with Crippen molar-refractivity contribution in [3.8, 4) is 23.4 Å². The summed E-state index contributed by atoms with van der Waals surface area (Å²) in [6.45, 7) is 4.24. The summed E-state index contributed by atoms with van der Waals surface area (Å²) in [7, 11) is 0. The number of fused-ring (bicyclic) bond motifs is 1. The Kier molecular flexibility index (Phi) is 5.91. The Morgan fingerprint density at radius 1 is 1.11 bits per heavy atom. The summed E-state index contributed by atoms with van der Waals surface area (Å²) >= 11 is 0. The zero-order chi connectivity index (χ0) is 25.4. The first-order chi connectivity index (χ1) is 18.1. The normalized spacial score (nSPS) is 22.4. The number of hydrogen-bond acceptors (Lipinski definition) is 7. The van der Waals surface area contributed by atoms with Gasteiger partial charge in [0.15, 0.2) is 0 Å². The second kappa shape index (κ2) is 9.40. The van der Waals surface area contributed by atoms with E-state index in [1.165, 1.54) is 12.1 Å². The molecule has 2 fully saturated rings. The smallest absolute Gasteiger partial charge is 0.141 e. The van der Waals surface area contributed by atoms with Crippen molar-refractivity contribution in [3.63, 3.8) is 0 Å². The lowest BCUT2D eigenvalue weighted by atomic mass is 9.70. The first-order valence-electron chi connectivity index (χ1n) is 12.4. The van der Waals surface area contributed by atoms with Crippen molar-refractivity contribution in [2.24, 2.45) is 0 Å². The van der Waals surface area contributed by atoms with Crippen LogP contribution in [0.2, 0.25) is 0 Å². The van der Waals surface area contributed by atoms with Crippen LogP contribution >= 0.6 is 0 Å². The van der Waals surface area contributed by atoms with Gasteiger partial charge in [-0.2, -0.15) is 15.6 Å². The predicted octanol–water partition coefficient (Wildman–Crippen LogP) is 3.42. The number of nitriles is 2. The van der Waals surface area contributed by atoms with E-state index in [1.54, 1.807) is 12.4 Å². The number of aromatic nitrogens is 5. The molecule has 37 heavy (non-hydrogen) atoms. The van der Waals surface area contributed by atoms with Crippen molar-refractivity contribution >= 4 is 11.0 Å². The lowest BCUT2D eigenvalue weighted by Gasteiger charge is -2.52. The van der Waals surface area contributed by atoms with Gasteiger partial charge in [0.2, 0.25) is 0 Å². The highest BCUT2D eigenvalue weighted by molar-refractivity contribution is 5.89. The van der Waals surface area contributed by atoms with Gasteiger partial charge < -0.3 is 4.98 Å². The highest BCUT2D eigenvalue weighted by Crippen LogP contribution is 2.45. The fourth-order valence-corrected chi connectivity index (χ4v) is 5.79. The Bertz CT molecular complexity index is 1510. The Hall–Kier alpha value is -4.12. The van der Waals surface area contributed by atoms with E-state index < -0.39 is 0 Å². The molecule has 0 bridgehead atoms. The Balaban J connectivity index is 1.10. The molecule has 3 aromatic heterocycles. The third kappa shape index (κ3) is 4.35. The molecule has 1 aliphatic carbocycles. The van der Waals surface area contributed by atoms with Gasteiger partial charge in [-0.05, 0) is 42.7 Å². The highest BCUT2D eigenvalue weighted by Gasteiger charge is 2.49. The molecule has 4 aromatic rings. The van der Waals surface area contributed by atoms with Crippen LogP contribution < -0.4 is 0 Å². The van der Waals surface area contributed by atoms with E-state index in [4.69, 9.17) is 5.26 Å². The second-order valence-corrected chi connectivity index (χ2v) is 10.0. The van der Waals surface area contributed by atoms with Crippen molar-refractivity contribution in [2.75, 3.05) is 26.2 Å². The number of rotatable bonds is 6. The largest absolute Gasteiger partial charge is 0.346 e. The maximum absolute atomic E-state index is 13.8. The standard InChI is InChI=1S/C27H26FN9/c28-22-10-19(14-30)9-20(11-22)16-35-5-7-36(8-6-35)23-12-27(13-23,2-3-29)37-17-21(15-34-37)25-24-1-4-31-26(24)33-18-32-25/h1,4,9-11,15,17-18,23H,2,5-8,12-13,16H2,(H,31,32,33). The Morgan fingerprint density at radius 2 is 1.95 bits per heavy atom. The highest BCUT2D eigenvalue weighted by atomic mass is 19.1. The van der Waals surface area contributed by atoms with E-state index in [9.17, 15) is 9.65 Å². The number of nitrogens with one attached hydrogen (secondary N) is 1. The van der Waals surface area contributed by atoms with Crippen LogP contribution in [-0.2, 0) is 12.1 Å². The Labute approximate surface area is 213 Å². The summed E-state index contributed by atoms with van der Waals surface area (Å²) < 4.78 is 15.8. The van der Waals surface area contributed by atoms with E-state index in [0.29, 0.717) is 24.6 Å². The van der Waals surface area contributed by atoms with Gasteiger partial charge in [-0.25, -0.2) is 14.4 Å². The fraction of sp³-hybridized carbons (Fsp3) is 0.370. The van der Waals surface area contributed by atoms with Crippen LogP contribution in [0.4, 0.5) is 4.39 Å². The minimum absolute atomic E-state index is 0.311. The molecule has 10 heteroatoms. The molecule has 186 valence electrons. The molecule has 0 radical (unpaired) electrons. The maximum atomic E-state index is 13.8. The van der Waals surface area contributed by atoms with Gasteiger partial charge in [0.25, 0.3) is 0 Å². The molecule has 0 amide bonds. The maximum Gasteiger partial charge on any atom is 0.141 e. The third-order valence-electron chi connectivity index (χ3n) is 7.75. The van der Waals surface area contributed by atoms with Gasteiger partial charge in [0.1, 0.15) is 17.8 Å². The predicted molar refractivity (Wildman–Crippen MR) is 134 cm³/mol. The molecule has 1 saturated heterocycles. The second-order valence-electron chi connectivity index (χ2n) is 10.0. The summed E-state index contributed by atoms with van der Waals surface area (Å²) in [6.07, 6.45) is 9.39. The van der Waals surface area contributed by atoms with Crippen LogP contribution in [0.25, 0.3) is 22.3 Å². The molecule has 0 spiro atoms. The average Bonchev–Trinajstić information content (AvgIpc) is 3.56. The van der Waals surface area contributed by atoms with Gasteiger partial charge in [-0.1, -0.05) is 0 Å². The molecular weight excluding hydrogens is 469 g/mol. The van der Waals surface area contributed by atoms with Gasteiger partial charge in [0.05, 0.1) is 41.6 Å². The molecule has 0 atom stereocenters. The van der Waals surface area contributed by atoms with Crippen molar-refractivity contribution < 1.29 is 4.39 Å². The molecule has 9 nitrogen and oxygen atoms in total. The zero-order valence-corrected chi connectivity index (χ0v) is 20.3. The lowest BCUT2D eigenvalue weighted by molar-refractivity contribution is -0.0191. The number of halogens is 1. The molecule has 1 saturated carbocycles. The SMILES string of the molecule is N#CCC1(n2cc(-c3ncnc4[nH]ccc34)cn2)CC(N2CCN(Cc3cc(F)cc(C#N)c3)CC2)C1. The molecular formula is C27H26FN9. The number of aromatic amines is 1. The molecule has 1 aliphatic heterocycles. The number of H-pyrrole nitrogens is 1. The van der Waals surface area contributed by atoms with Gasteiger partial charge in [-0.3, -0.25) is 14.5 Å². The van der Waals surface area contributed by atoms with E-state index in [-0.39, 0.29) is 11.4 Å². The summed E-state index contributed by atoms with van der Waals surface area (Å²) in [6, 6.07) is 11.3. The molecule has 1 aromatic carbocycles. The number of nitrogens with zero attached hydrogens (tertiary/aromatic N) is 8. The van der Waals surface area contributed by atoms with Gasteiger partial charge in [0, 0.05) is 62.1 Å². The van der Waals surface area contributed by atoms with Crippen LogP contribution in [0.5, 0.6) is 0 Å². The average molecular weight is 496 g/mol. The van der Waals surface area contributed by atoms with E-state index in [0.717, 1.165) is 66.9 Å². The Morgan fingerprint density at radius 3 is 2.73 bits per heavy atom. The van der Waals surface area contributed by atoms with Crippen molar-refractivity contribution in [1.82, 2.24) is 34.5 Å². The van der Waals surface area contributed by atoms with Crippen LogP contribution in [-0.4, -0.2) is 66.8 Å². The number of piperazine rings is 1. The molecule has 6 rings (SSSR count). The van der Waals surface area contributed by atoms with E-state index >= 15 is 0 Å². The molecule has 1 N–H and O–H groups in total. The third-order valence-corrected chi connectivity index (χ3v) is 7.75. The van der Waals surface area contributed by atoms with E-state index in [1.807, 2.05) is 35.4 Å². The molecule has 0 unspecified atom stereocenters. The first kappa shape index (κ1) is 23.3. The topological polar surface area (TPSA) is 113 Å². The quantitative estimate of drug-likeness (QED) is 0.436. The summed E-state index contributed by atoms with van der Waals surface area (Å²) in [5.74, 6) is -0.366. The van der Waals surface area contributed by atoms with Crippen LogP contribution in [0.1, 0.15) is 30.4 Å². The number of benzene rings is 1. The van der Waals surface area contributed by atoms with Crippen LogP contribution in [0, 0.1) is 28.5 Å². The molecule has 2 aliphatic rings. The minimum atomic E-state index is -0.366. The van der Waals surface area contributed by atoms with Crippen LogP contribution in [0.15, 0.2) is 49.2 Å². The lowest BCUT2D eigenvalue weighted by Crippen LogP contribution is -2.60. The zero-order valence-electron chi connectivity index (χ0n) is 20.3. The summed E-state index contributed by atoms with van der Waals surface area (Å²) in [5, 5.41) is 24.3. The monoisotopic (exact) mass is 495 g/mol. The fourth-order valence-electron chi connectivity index (χ4n) is 5.79. The van der Waals surface area contributed by atoms with Crippen molar-refractivity contribution in [2.45, 2.75) is 37.4 Å². The molecule has 4 heterocycles. The van der Waals surface area contributed by atoms with Crippen molar-refractivity contribution in [1.29, 1.82) is 10.5 Å². The summed E-state index contributed by atoms with van der Waals surface area (Å²) in [4.78, 5) is 16.7. The van der Waals surface area contributed by atoms with Gasteiger partial charge in [-0.15, -0.1) is 0 Å². The summed E-state index contributed by atoms with van der Waals surface area (Å²) in [5.41, 5.74) is 3.41. The van der Waals surface area contributed by atoms with Crippen molar-refractivity contribution in [3.05, 3.63) is 66.1 Å². The first-order valence-corrected chi connectivity index (χ1v) is 12.4. The van der Waals surface area contributed by atoms with Crippen LogP contribution in [0.3, 0.4) is 0 Å². The number of hydrogen-bond donors (Lipinski definition) is 1.